The third-order valence-electron chi connectivity index (χ3n) is 3.35. The van der Waals surface area contributed by atoms with E-state index in [2.05, 4.69) is 15.4 Å². The molecule has 0 heterocycles. The molecular weight excluding hydrogens is 333 g/mol. The summed E-state index contributed by atoms with van der Waals surface area (Å²) in [5.41, 5.74) is 2.90. The van der Waals surface area contributed by atoms with E-state index in [1.54, 1.807) is 12.1 Å². The lowest BCUT2D eigenvalue weighted by atomic mass is 10.1. The molecule has 0 aliphatic carbocycles. The average molecular weight is 352 g/mol. The molecule has 0 saturated carbocycles. The number of hydrogen-bond donors (Lipinski definition) is 2. The van der Waals surface area contributed by atoms with Crippen LogP contribution in [0.2, 0.25) is 0 Å². The molecule has 4 nitrogen and oxygen atoms in total. The summed E-state index contributed by atoms with van der Waals surface area (Å²) >= 11 is 0. The van der Waals surface area contributed by atoms with Crippen LogP contribution < -0.4 is 15.4 Å². The van der Waals surface area contributed by atoms with E-state index < -0.39 is 12.8 Å². The first-order valence-electron chi connectivity index (χ1n) is 7.67. The minimum Gasteiger partial charge on any atom is -0.484 e. The van der Waals surface area contributed by atoms with Crippen molar-refractivity contribution in [3.8, 4) is 5.75 Å². The fraction of sp³-hybridized carbons (Fsp3) is 0.278. The van der Waals surface area contributed by atoms with E-state index in [1.807, 2.05) is 31.2 Å². The van der Waals surface area contributed by atoms with E-state index in [-0.39, 0.29) is 18.3 Å². The Morgan fingerprint density at radius 2 is 1.40 bits per heavy atom. The van der Waals surface area contributed by atoms with E-state index in [4.69, 9.17) is 0 Å². The van der Waals surface area contributed by atoms with Crippen molar-refractivity contribution in [3.63, 3.8) is 0 Å². The Morgan fingerprint density at radius 1 is 0.920 bits per heavy atom. The second kappa shape index (κ2) is 8.41. The van der Waals surface area contributed by atoms with Crippen molar-refractivity contribution >= 4 is 6.03 Å². The maximum absolute atomic E-state index is 12.1. The average Bonchev–Trinajstić information content (AvgIpc) is 2.58. The van der Waals surface area contributed by atoms with Crippen LogP contribution in [-0.2, 0) is 13.1 Å². The number of carbonyl (C=O) groups is 1. The van der Waals surface area contributed by atoms with Crippen molar-refractivity contribution in [3.05, 3.63) is 65.2 Å². The summed E-state index contributed by atoms with van der Waals surface area (Å²) in [7, 11) is 0. The highest BCUT2D eigenvalue weighted by molar-refractivity contribution is 5.73. The summed E-state index contributed by atoms with van der Waals surface area (Å²) in [4.78, 5) is 11.8. The van der Waals surface area contributed by atoms with Crippen LogP contribution in [0.25, 0.3) is 0 Å². The van der Waals surface area contributed by atoms with Crippen molar-refractivity contribution in [1.29, 1.82) is 0 Å². The van der Waals surface area contributed by atoms with Crippen LogP contribution in [0.3, 0.4) is 0 Å². The van der Waals surface area contributed by atoms with Gasteiger partial charge in [-0.05, 0) is 30.2 Å². The number of rotatable bonds is 6. The summed E-state index contributed by atoms with van der Waals surface area (Å²) in [5, 5.41) is 5.42. The number of alkyl halides is 3. The number of urea groups is 1. The normalized spacial score (nSPS) is 11.0. The third kappa shape index (κ3) is 7.15. The molecule has 2 aromatic carbocycles. The maximum Gasteiger partial charge on any atom is 0.422 e. The molecule has 0 unspecified atom stereocenters. The lowest BCUT2D eigenvalue weighted by Gasteiger charge is -2.10. The number of halogens is 3. The number of hydrogen-bond acceptors (Lipinski definition) is 2. The zero-order valence-corrected chi connectivity index (χ0v) is 13.7. The molecule has 0 atom stereocenters. The first-order valence-corrected chi connectivity index (χ1v) is 7.67. The van der Waals surface area contributed by atoms with Crippen LogP contribution in [0.1, 0.15) is 16.7 Å². The minimum atomic E-state index is -4.37. The Hall–Kier alpha value is -2.70. The third-order valence-corrected chi connectivity index (χ3v) is 3.35. The predicted molar refractivity (Wildman–Crippen MR) is 88.2 cm³/mol. The van der Waals surface area contributed by atoms with Gasteiger partial charge in [-0.25, -0.2) is 4.79 Å². The Labute approximate surface area is 144 Å². The first kappa shape index (κ1) is 18.6. The van der Waals surface area contributed by atoms with Gasteiger partial charge in [0.15, 0.2) is 6.61 Å². The number of ether oxygens (including phenoxy) is 1. The fourth-order valence-corrected chi connectivity index (χ4v) is 2.00. The molecule has 2 N–H and O–H groups in total. The molecule has 2 rings (SSSR count). The van der Waals surface area contributed by atoms with Crippen molar-refractivity contribution in [1.82, 2.24) is 10.6 Å². The summed E-state index contributed by atoms with van der Waals surface area (Å²) < 4.78 is 40.8. The highest BCUT2D eigenvalue weighted by atomic mass is 19.4. The summed E-state index contributed by atoms with van der Waals surface area (Å²) in [6, 6.07) is 13.6. The van der Waals surface area contributed by atoms with E-state index in [0.717, 1.165) is 16.7 Å². The summed E-state index contributed by atoms with van der Waals surface area (Å²) in [6.07, 6.45) is -4.37. The molecule has 0 saturated heterocycles. The Kier molecular flexibility index (Phi) is 6.27. The molecule has 0 aliphatic rings. The van der Waals surface area contributed by atoms with Crippen LogP contribution in [0, 0.1) is 6.92 Å². The summed E-state index contributed by atoms with van der Waals surface area (Å²) in [5.74, 6) is 0.130. The minimum absolute atomic E-state index is 0.130. The highest BCUT2D eigenvalue weighted by Gasteiger charge is 2.28. The van der Waals surface area contributed by atoms with Crippen LogP contribution in [0.5, 0.6) is 5.75 Å². The second-order valence-corrected chi connectivity index (χ2v) is 5.57. The lowest BCUT2D eigenvalue weighted by molar-refractivity contribution is -0.153. The molecule has 0 aromatic heterocycles. The van der Waals surface area contributed by atoms with Crippen molar-refractivity contribution in [2.45, 2.75) is 26.2 Å². The topological polar surface area (TPSA) is 50.4 Å². The van der Waals surface area contributed by atoms with Crippen LogP contribution in [0.4, 0.5) is 18.0 Å². The molecule has 2 amide bonds. The van der Waals surface area contributed by atoms with E-state index in [0.29, 0.717) is 6.54 Å². The lowest BCUT2D eigenvalue weighted by Crippen LogP contribution is -2.34. The zero-order valence-electron chi connectivity index (χ0n) is 13.7. The van der Waals surface area contributed by atoms with Crippen molar-refractivity contribution in [2.24, 2.45) is 0 Å². The van der Waals surface area contributed by atoms with Gasteiger partial charge in [0.05, 0.1) is 0 Å². The Bertz CT molecular complexity index is 683. The van der Waals surface area contributed by atoms with Crippen LogP contribution in [0.15, 0.2) is 48.5 Å². The molecule has 134 valence electrons. The number of nitrogens with one attached hydrogen (secondary N) is 2. The number of amides is 2. The van der Waals surface area contributed by atoms with Gasteiger partial charge in [0.25, 0.3) is 0 Å². The van der Waals surface area contributed by atoms with Crippen LogP contribution >= 0.6 is 0 Å². The van der Waals surface area contributed by atoms with Gasteiger partial charge in [-0.2, -0.15) is 13.2 Å². The molecule has 0 fully saturated rings. The highest BCUT2D eigenvalue weighted by Crippen LogP contribution is 2.18. The fourth-order valence-electron chi connectivity index (χ4n) is 2.00. The molecule has 0 bridgehead atoms. The molecule has 0 aliphatic heterocycles. The molecule has 0 radical (unpaired) electrons. The van der Waals surface area contributed by atoms with Crippen molar-refractivity contribution < 1.29 is 22.7 Å². The molecular formula is C18H19F3N2O2. The van der Waals surface area contributed by atoms with E-state index >= 15 is 0 Å². The zero-order chi connectivity index (χ0) is 18.3. The second-order valence-electron chi connectivity index (χ2n) is 5.57. The van der Waals surface area contributed by atoms with Gasteiger partial charge in [-0.15, -0.1) is 0 Å². The maximum atomic E-state index is 12.1. The molecule has 0 spiro atoms. The predicted octanol–water partition coefficient (Wildman–Crippen LogP) is 3.94. The Balaban J connectivity index is 1.73. The van der Waals surface area contributed by atoms with Gasteiger partial charge in [0.2, 0.25) is 0 Å². The largest absolute Gasteiger partial charge is 0.484 e. The number of benzene rings is 2. The van der Waals surface area contributed by atoms with Gasteiger partial charge < -0.3 is 15.4 Å². The molecule has 7 heteroatoms. The van der Waals surface area contributed by atoms with Gasteiger partial charge in [0.1, 0.15) is 5.75 Å². The first-order chi connectivity index (χ1) is 11.8. The van der Waals surface area contributed by atoms with E-state index in [1.165, 1.54) is 12.1 Å². The Morgan fingerprint density at radius 3 is 1.88 bits per heavy atom. The SMILES string of the molecule is Cc1ccc(CNC(=O)NCc2ccc(OCC(F)(F)F)cc2)cc1. The standard InChI is InChI=1S/C18H19F3N2O2/c1-13-2-4-14(5-3-13)10-22-17(24)23-11-15-6-8-16(9-7-15)25-12-18(19,20)21/h2-9H,10-12H2,1H3,(H2,22,23,24). The van der Waals surface area contributed by atoms with Gasteiger partial charge in [-0.1, -0.05) is 42.0 Å². The van der Waals surface area contributed by atoms with Crippen LogP contribution in [-0.4, -0.2) is 18.8 Å². The van der Waals surface area contributed by atoms with Crippen molar-refractivity contribution in [2.75, 3.05) is 6.61 Å². The summed E-state index contributed by atoms with van der Waals surface area (Å²) in [6.45, 7) is 1.34. The molecule has 25 heavy (non-hydrogen) atoms. The van der Waals surface area contributed by atoms with E-state index in [9.17, 15) is 18.0 Å². The van der Waals surface area contributed by atoms with Gasteiger partial charge in [-0.3, -0.25) is 0 Å². The molecule has 2 aromatic rings. The number of carbonyl (C=O) groups excluding carboxylic acids is 1. The van der Waals surface area contributed by atoms with Gasteiger partial charge >= 0.3 is 12.2 Å². The quantitative estimate of drug-likeness (QED) is 0.827. The smallest absolute Gasteiger partial charge is 0.422 e. The number of aryl methyl sites for hydroxylation is 1. The monoisotopic (exact) mass is 352 g/mol. The van der Waals surface area contributed by atoms with Gasteiger partial charge in [0, 0.05) is 13.1 Å².